The molecule has 0 saturated carbocycles. The first-order chi connectivity index (χ1) is 4.18. The zero-order valence-corrected chi connectivity index (χ0v) is 6.34. The lowest BCUT2D eigenvalue weighted by Crippen LogP contribution is -1.92. The summed E-state index contributed by atoms with van der Waals surface area (Å²) in [6.07, 6.45) is 0. The standard InChI is InChI=1S/C7H8FP/c1-5-2-6(8)4-7(9)3-5/h2-4H,9H2,1H3. The molecule has 1 aromatic carbocycles. The van der Waals surface area contributed by atoms with Crippen molar-refractivity contribution in [1.29, 1.82) is 0 Å². The highest BCUT2D eigenvalue weighted by Crippen LogP contribution is 2.01. The topological polar surface area (TPSA) is 0 Å². The minimum absolute atomic E-state index is 0.167. The number of aryl methyl sites for hydroxylation is 1. The fraction of sp³-hybridized carbons (Fsp3) is 0.143. The van der Waals surface area contributed by atoms with Crippen LogP contribution in [0.25, 0.3) is 0 Å². The second-order valence-electron chi connectivity index (χ2n) is 2.06. The average Bonchev–Trinajstić information content (AvgIpc) is 1.59. The maximum absolute atomic E-state index is 12.4. The normalized spacial score (nSPS) is 9.67. The Morgan fingerprint density at radius 3 is 2.44 bits per heavy atom. The lowest BCUT2D eigenvalue weighted by atomic mass is 10.2. The first kappa shape index (κ1) is 6.70. The van der Waals surface area contributed by atoms with Gasteiger partial charge in [0.25, 0.3) is 0 Å². The first-order valence-electron chi connectivity index (χ1n) is 2.71. The van der Waals surface area contributed by atoms with Gasteiger partial charge in [-0.15, -0.1) is 9.24 Å². The molecular weight excluding hydrogens is 134 g/mol. The number of rotatable bonds is 0. The van der Waals surface area contributed by atoms with Crippen LogP contribution in [0.2, 0.25) is 0 Å². The molecule has 1 aromatic rings. The molecule has 0 nitrogen and oxygen atoms in total. The second kappa shape index (κ2) is 2.45. The van der Waals surface area contributed by atoms with Crippen LogP contribution >= 0.6 is 9.24 Å². The van der Waals surface area contributed by atoms with Gasteiger partial charge in [0.05, 0.1) is 0 Å². The maximum atomic E-state index is 12.4. The van der Waals surface area contributed by atoms with Crippen LogP contribution in [0, 0.1) is 12.7 Å². The Labute approximate surface area is 56.3 Å². The van der Waals surface area contributed by atoms with E-state index in [1.807, 2.05) is 13.0 Å². The van der Waals surface area contributed by atoms with Gasteiger partial charge in [-0.2, -0.15) is 0 Å². The van der Waals surface area contributed by atoms with Crippen molar-refractivity contribution in [3.8, 4) is 0 Å². The van der Waals surface area contributed by atoms with Gasteiger partial charge >= 0.3 is 0 Å². The molecule has 0 saturated heterocycles. The summed E-state index contributed by atoms with van der Waals surface area (Å²) in [7, 11) is 2.46. The number of benzene rings is 1. The molecule has 0 spiro atoms. The van der Waals surface area contributed by atoms with Crippen LogP contribution < -0.4 is 5.30 Å². The van der Waals surface area contributed by atoms with Gasteiger partial charge in [-0.3, -0.25) is 0 Å². The van der Waals surface area contributed by atoms with Gasteiger partial charge < -0.3 is 0 Å². The fourth-order valence-electron chi connectivity index (χ4n) is 0.765. The molecule has 2 heteroatoms. The molecular formula is C7H8FP. The molecule has 0 fully saturated rings. The Bertz CT molecular complexity index is 170. The van der Waals surface area contributed by atoms with Crippen molar-refractivity contribution < 1.29 is 4.39 Å². The molecule has 1 atom stereocenters. The molecule has 1 rings (SSSR count). The summed E-state index contributed by atoms with van der Waals surface area (Å²) < 4.78 is 12.4. The van der Waals surface area contributed by atoms with Crippen molar-refractivity contribution in [3.05, 3.63) is 29.6 Å². The van der Waals surface area contributed by atoms with Crippen LogP contribution in [-0.2, 0) is 0 Å². The van der Waals surface area contributed by atoms with Crippen molar-refractivity contribution >= 4 is 14.5 Å². The average molecular weight is 142 g/mol. The van der Waals surface area contributed by atoms with Crippen LogP contribution in [-0.4, -0.2) is 0 Å². The molecule has 9 heavy (non-hydrogen) atoms. The molecule has 0 bridgehead atoms. The van der Waals surface area contributed by atoms with Crippen LogP contribution in [0.3, 0.4) is 0 Å². The summed E-state index contributed by atoms with van der Waals surface area (Å²) in [6, 6.07) is 4.90. The molecule has 1 unspecified atom stereocenters. The molecule has 0 heterocycles. The Kier molecular flexibility index (Phi) is 1.82. The van der Waals surface area contributed by atoms with E-state index >= 15 is 0 Å². The van der Waals surface area contributed by atoms with E-state index < -0.39 is 0 Å². The van der Waals surface area contributed by atoms with E-state index in [4.69, 9.17) is 0 Å². The van der Waals surface area contributed by atoms with Gasteiger partial charge in [0, 0.05) is 0 Å². The highest BCUT2D eigenvalue weighted by atomic mass is 31.0. The summed E-state index contributed by atoms with van der Waals surface area (Å²) in [6.45, 7) is 1.87. The Hall–Kier alpha value is -0.420. The highest BCUT2D eigenvalue weighted by Gasteiger charge is 1.90. The third-order valence-electron chi connectivity index (χ3n) is 1.06. The number of hydrogen-bond acceptors (Lipinski definition) is 0. The largest absolute Gasteiger partial charge is 0.207 e. The van der Waals surface area contributed by atoms with Crippen LogP contribution in [0.4, 0.5) is 4.39 Å². The van der Waals surface area contributed by atoms with Crippen LogP contribution in [0.5, 0.6) is 0 Å². The van der Waals surface area contributed by atoms with E-state index in [9.17, 15) is 4.39 Å². The van der Waals surface area contributed by atoms with E-state index in [-0.39, 0.29) is 5.82 Å². The molecule has 0 aliphatic rings. The molecule has 0 radical (unpaired) electrons. The zero-order valence-electron chi connectivity index (χ0n) is 5.19. The summed E-state index contributed by atoms with van der Waals surface area (Å²) in [5.41, 5.74) is 0.958. The zero-order chi connectivity index (χ0) is 6.85. The summed E-state index contributed by atoms with van der Waals surface area (Å²) in [4.78, 5) is 0. The molecule has 0 N–H and O–H groups in total. The van der Waals surface area contributed by atoms with Crippen molar-refractivity contribution in [2.24, 2.45) is 0 Å². The van der Waals surface area contributed by atoms with E-state index in [1.165, 1.54) is 12.1 Å². The van der Waals surface area contributed by atoms with E-state index in [2.05, 4.69) is 9.24 Å². The predicted molar refractivity (Wildman–Crippen MR) is 40.5 cm³/mol. The summed E-state index contributed by atoms with van der Waals surface area (Å²) in [5, 5.41) is 0.896. The van der Waals surface area contributed by atoms with Crippen molar-refractivity contribution in [2.75, 3.05) is 0 Å². The summed E-state index contributed by atoms with van der Waals surface area (Å²) in [5.74, 6) is -0.167. The van der Waals surface area contributed by atoms with Crippen molar-refractivity contribution in [3.63, 3.8) is 0 Å². The lowest BCUT2D eigenvalue weighted by molar-refractivity contribution is 0.628. The SMILES string of the molecule is Cc1cc(F)cc(P)c1. The number of hydrogen-bond donors (Lipinski definition) is 0. The smallest absolute Gasteiger partial charge is 0.124 e. The van der Waals surface area contributed by atoms with E-state index in [0.29, 0.717) is 0 Å². The van der Waals surface area contributed by atoms with Crippen molar-refractivity contribution in [2.45, 2.75) is 6.92 Å². The van der Waals surface area contributed by atoms with Gasteiger partial charge in [0.15, 0.2) is 0 Å². The molecule has 48 valence electrons. The minimum Gasteiger partial charge on any atom is -0.207 e. The quantitative estimate of drug-likeness (QED) is 0.483. The monoisotopic (exact) mass is 142 g/mol. The minimum atomic E-state index is -0.167. The van der Waals surface area contributed by atoms with Gasteiger partial charge in [-0.25, -0.2) is 4.39 Å². The van der Waals surface area contributed by atoms with Gasteiger partial charge in [-0.05, 0) is 29.9 Å². The summed E-state index contributed by atoms with van der Waals surface area (Å²) >= 11 is 0. The lowest BCUT2D eigenvalue weighted by Gasteiger charge is -1.94. The Morgan fingerprint density at radius 1 is 1.33 bits per heavy atom. The van der Waals surface area contributed by atoms with Gasteiger partial charge in [0.1, 0.15) is 5.82 Å². The van der Waals surface area contributed by atoms with Gasteiger partial charge in [-0.1, -0.05) is 6.07 Å². The molecule has 0 amide bonds. The number of halogens is 1. The van der Waals surface area contributed by atoms with E-state index in [0.717, 1.165) is 10.9 Å². The highest BCUT2D eigenvalue weighted by molar-refractivity contribution is 7.27. The Morgan fingerprint density at radius 2 is 2.00 bits per heavy atom. The molecule has 0 aliphatic carbocycles. The van der Waals surface area contributed by atoms with Gasteiger partial charge in [0.2, 0.25) is 0 Å². The van der Waals surface area contributed by atoms with Crippen LogP contribution in [0.15, 0.2) is 18.2 Å². The fourth-order valence-corrected chi connectivity index (χ4v) is 1.19. The second-order valence-corrected chi connectivity index (χ2v) is 2.73. The first-order valence-corrected chi connectivity index (χ1v) is 3.29. The molecule has 0 aromatic heterocycles. The molecule has 0 aliphatic heterocycles. The van der Waals surface area contributed by atoms with Crippen molar-refractivity contribution in [1.82, 2.24) is 0 Å². The Balaban J connectivity index is 3.17. The maximum Gasteiger partial charge on any atom is 0.124 e. The van der Waals surface area contributed by atoms with Crippen LogP contribution in [0.1, 0.15) is 5.56 Å². The third-order valence-corrected chi connectivity index (χ3v) is 1.40. The van der Waals surface area contributed by atoms with E-state index in [1.54, 1.807) is 0 Å². The third kappa shape index (κ3) is 1.76. The predicted octanol–water partition coefficient (Wildman–Crippen LogP) is 1.63.